The van der Waals surface area contributed by atoms with E-state index < -0.39 is 0 Å². The van der Waals surface area contributed by atoms with Gasteiger partial charge in [0, 0.05) is 5.56 Å². The van der Waals surface area contributed by atoms with Gasteiger partial charge in [0.15, 0.2) is 17.9 Å². The van der Waals surface area contributed by atoms with Gasteiger partial charge in [-0.25, -0.2) is 4.98 Å². The Kier molecular flexibility index (Phi) is 2.10. The number of hydrogen-bond donors (Lipinski definition) is 1. The van der Waals surface area contributed by atoms with E-state index in [9.17, 15) is 4.79 Å². The number of aryl methyl sites for hydroxylation is 1. The summed E-state index contributed by atoms with van der Waals surface area (Å²) in [6.45, 7) is 2.00. The largest absolute Gasteiger partial charge is 0.294 e. The number of benzene rings is 1. The summed E-state index contributed by atoms with van der Waals surface area (Å²) in [5.74, 6) is 0.803. The standard InChI is InChI=1S/C10H9N3O/c1-7-3-2-4-8(5-7)10-11-9(6-14)12-13-10/h2-6H,1H3,(H,11,12,13). The third kappa shape index (κ3) is 1.54. The molecule has 0 unspecified atom stereocenters. The van der Waals surface area contributed by atoms with E-state index in [0.717, 1.165) is 11.1 Å². The van der Waals surface area contributed by atoms with Gasteiger partial charge in [-0.05, 0) is 13.0 Å². The third-order valence-electron chi connectivity index (χ3n) is 1.89. The topological polar surface area (TPSA) is 58.6 Å². The number of nitrogens with zero attached hydrogens (tertiary/aromatic N) is 2. The highest BCUT2D eigenvalue weighted by Crippen LogP contribution is 2.15. The van der Waals surface area contributed by atoms with Gasteiger partial charge >= 0.3 is 0 Å². The zero-order valence-corrected chi connectivity index (χ0v) is 7.69. The van der Waals surface area contributed by atoms with Gasteiger partial charge in [-0.15, -0.1) is 0 Å². The van der Waals surface area contributed by atoms with Crippen LogP contribution in [0.15, 0.2) is 24.3 Å². The fourth-order valence-corrected chi connectivity index (χ4v) is 1.24. The lowest BCUT2D eigenvalue weighted by molar-refractivity contribution is 0.111. The van der Waals surface area contributed by atoms with E-state index >= 15 is 0 Å². The molecule has 1 heterocycles. The molecule has 4 nitrogen and oxygen atoms in total. The summed E-state index contributed by atoms with van der Waals surface area (Å²) in [5, 5.41) is 6.48. The van der Waals surface area contributed by atoms with Crippen molar-refractivity contribution < 1.29 is 4.79 Å². The molecule has 14 heavy (non-hydrogen) atoms. The van der Waals surface area contributed by atoms with Crippen molar-refractivity contribution >= 4 is 6.29 Å². The number of H-pyrrole nitrogens is 1. The smallest absolute Gasteiger partial charge is 0.189 e. The van der Waals surface area contributed by atoms with Gasteiger partial charge in [-0.2, -0.15) is 5.10 Å². The molecule has 0 bridgehead atoms. The van der Waals surface area contributed by atoms with Crippen LogP contribution >= 0.6 is 0 Å². The van der Waals surface area contributed by atoms with Crippen LogP contribution in [0.2, 0.25) is 0 Å². The minimum atomic E-state index is 0.251. The number of aldehydes is 1. The second-order valence-electron chi connectivity index (χ2n) is 3.03. The van der Waals surface area contributed by atoms with Gasteiger partial charge in [0.2, 0.25) is 0 Å². The average Bonchev–Trinajstić information content (AvgIpc) is 2.66. The first kappa shape index (κ1) is 8.62. The molecule has 0 spiro atoms. The van der Waals surface area contributed by atoms with Gasteiger partial charge < -0.3 is 0 Å². The zero-order valence-electron chi connectivity index (χ0n) is 7.69. The summed E-state index contributed by atoms with van der Waals surface area (Å²) in [6.07, 6.45) is 0.645. The molecule has 0 aliphatic carbocycles. The molecule has 0 saturated carbocycles. The molecule has 0 amide bonds. The molecule has 2 rings (SSSR count). The lowest BCUT2D eigenvalue weighted by atomic mass is 10.1. The molecule has 4 heteroatoms. The summed E-state index contributed by atoms with van der Waals surface area (Å²) in [6, 6.07) is 7.81. The van der Waals surface area contributed by atoms with Crippen LogP contribution in [0.4, 0.5) is 0 Å². The lowest BCUT2D eigenvalue weighted by Crippen LogP contribution is -1.82. The van der Waals surface area contributed by atoms with Crippen LogP contribution in [0, 0.1) is 6.92 Å². The van der Waals surface area contributed by atoms with Gasteiger partial charge in [0.05, 0.1) is 0 Å². The Morgan fingerprint density at radius 1 is 1.43 bits per heavy atom. The van der Waals surface area contributed by atoms with Crippen LogP contribution in [-0.2, 0) is 0 Å². The normalized spacial score (nSPS) is 10.1. The first-order chi connectivity index (χ1) is 6.79. The Morgan fingerprint density at radius 2 is 2.29 bits per heavy atom. The number of aromatic nitrogens is 3. The fraction of sp³-hybridized carbons (Fsp3) is 0.100. The van der Waals surface area contributed by atoms with Crippen molar-refractivity contribution in [3.8, 4) is 11.4 Å². The Balaban J connectivity index is 2.43. The van der Waals surface area contributed by atoms with Gasteiger partial charge in [0.1, 0.15) is 0 Å². The summed E-state index contributed by atoms with van der Waals surface area (Å²) in [7, 11) is 0. The first-order valence-electron chi connectivity index (χ1n) is 4.24. The van der Waals surface area contributed by atoms with E-state index in [0.29, 0.717) is 12.1 Å². The van der Waals surface area contributed by atoms with Crippen molar-refractivity contribution in [3.05, 3.63) is 35.7 Å². The number of aromatic amines is 1. The molecule has 0 aliphatic heterocycles. The summed E-state index contributed by atoms with van der Waals surface area (Å²) < 4.78 is 0. The molecular weight excluding hydrogens is 178 g/mol. The van der Waals surface area contributed by atoms with E-state index in [1.54, 1.807) is 0 Å². The van der Waals surface area contributed by atoms with E-state index in [-0.39, 0.29) is 5.82 Å². The summed E-state index contributed by atoms with van der Waals surface area (Å²) in [5.41, 5.74) is 2.05. The maximum absolute atomic E-state index is 10.4. The van der Waals surface area contributed by atoms with Crippen molar-refractivity contribution in [1.82, 2.24) is 15.2 Å². The second-order valence-corrected chi connectivity index (χ2v) is 3.03. The monoisotopic (exact) mass is 187 g/mol. The Labute approximate surface area is 81.0 Å². The molecule has 1 N–H and O–H groups in total. The number of hydrogen-bond acceptors (Lipinski definition) is 3. The van der Waals surface area contributed by atoms with Crippen LogP contribution in [0.25, 0.3) is 11.4 Å². The maximum atomic E-state index is 10.4. The molecule has 0 aliphatic rings. The van der Waals surface area contributed by atoms with Gasteiger partial charge in [-0.1, -0.05) is 23.8 Å². The molecule has 0 saturated heterocycles. The van der Waals surface area contributed by atoms with Crippen LogP contribution in [0.1, 0.15) is 16.2 Å². The number of rotatable bonds is 2. The molecule has 0 radical (unpaired) electrons. The molecular formula is C10H9N3O. The SMILES string of the molecule is Cc1cccc(-c2n[nH]c(C=O)n2)c1. The summed E-state index contributed by atoms with van der Waals surface area (Å²) in [4.78, 5) is 14.4. The average molecular weight is 187 g/mol. The van der Waals surface area contributed by atoms with Crippen LogP contribution < -0.4 is 0 Å². The number of carbonyl (C=O) groups is 1. The fourth-order valence-electron chi connectivity index (χ4n) is 1.24. The van der Waals surface area contributed by atoms with Crippen molar-refractivity contribution in [1.29, 1.82) is 0 Å². The van der Waals surface area contributed by atoms with E-state index in [4.69, 9.17) is 0 Å². The van der Waals surface area contributed by atoms with Gasteiger partial charge in [0.25, 0.3) is 0 Å². The van der Waals surface area contributed by atoms with Gasteiger partial charge in [-0.3, -0.25) is 9.89 Å². The van der Waals surface area contributed by atoms with Crippen molar-refractivity contribution in [2.75, 3.05) is 0 Å². The Hall–Kier alpha value is -1.97. The minimum absolute atomic E-state index is 0.251. The van der Waals surface area contributed by atoms with Crippen LogP contribution in [0.5, 0.6) is 0 Å². The molecule has 1 aromatic heterocycles. The molecule has 70 valence electrons. The predicted molar refractivity (Wildman–Crippen MR) is 51.9 cm³/mol. The number of carbonyl (C=O) groups excluding carboxylic acids is 1. The summed E-state index contributed by atoms with van der Waals surface area (Å²) >= 11 is 0. The second kappa shape index (κ2) is 3.41. The quantitative estimate of drug-likeness (QED) is 0.726. The first-order valence-corrected chi connectivity index (χ1v) is 4.24. The van der Waals surface area contributed by atoms with Crippen LogP contribution in [0.3, 0.4) is 0 Å². The van der Waals surface area contributed by atoms with E-state index in [1.165, 1.54) is 0 Å². The minimum Gasteiger partial charge on any atom is -0.294 e. The molecule has 2 aromatic rings. The Bertz CT molecular complexity index is 462. The molecule has 1 aromatic carbocycles. The highest BCUT2D eigenvalue weighted by atomic mass is 16.1. The third-order valence-corrected chi connectivity index (χ3v) is 1.89. The zero-order chi connectivity index (χ0) is 9.97. The van der Waals surface area contributed by atoms with Crippen LogP contribution in [-0.4, -0.2) is 21.5 Å². The van der Waals surface area contributed by atoms with Crippen molar-refractivity contribution in [2.24, 2.45) is 0 Å². The maximum Gasteiger partial charge on any atom is 0.189 e. The van der Waals surface area contributed by atoms with E-state index in [1.807, 2.05) is 31.2 Å². The number of nitrogens with one attached hydrogen (secondary N) is 1. The highest BCUT2D eigenvalue weighted by molar-refractivity contribution is 5.70. The molecule has 0 atom stereocenters. The van der Waals surface area contributed by atoms with Crippen molar-refractivity contribution in [3.63, 3.8) is 0 Å². The highest BCUT2D eigenvalue weighted by Gasteiger charge is 2.04. The lowest BCUT2D eigenvalue weighted by Gasteiger charge is -1.95. The van der Waals surface area contributed by atoms with E-state index in [2.05, 4.69) is 15.2 Å². The molecule has 0 fully saturated rings. The predicted octanol–water partition coefficient (Wildman–Crippen LogP) is 1.59. The van der Waals surface area contributed by atoms with Crippen molar-refractivity contribution in [2.45, 2.75) is 6.92 Å². The Morgan fingerprint density at radius 3 is 2.93 bits per heavy atom.